The van der Waals surface area contributed by atoms with Gasteiger partial charge in [0.25, 0.3) is 0 Å². The van der Waals surface area contributed by atoms with Gasteiger partial charge in [-0.05, 0) is 74.1 Å². The van der Waals surface area contributed by atoms with Gasteiger partial charge >= 0.3 is 0 Å². The molecular weight excluding hydrogens is 256 g/mol. The van der Waals surface area contributed by atoms with E-state index in [1.807, 2.05) is 0 Å². The molecule has 1 aliphatic heterocycles. The Morgan fingerprint density at radius 1 is 1.14 bits per heavy atom. The fraction of sp³-hybridized carbons (Fsp3) is 0.579. The SMILES string of the molecule is Cc1cc(N2CCCC2)ccc1NCC1CC2C=CC1C2. The Morgan fingerprint density at radius 2 is 2.00 bits per heavy atom. The number of allylic oxidation sites excluding steroid dienone is 2. The highest BCUT2D eigenvalue weighted by Crippen LogP contribution is 2.43. The number of hydrogen-bond donors (Lipinski definition) is 1. The lowest BCUT2D eigenvalue weighted by molar-refractivity contribution is 0.472. The summed E-state index contributed by atoms with van der Waals surface area (Å²) in [6, 6.07) is 6.93. The molecule has 2 nitrogen and oxygen atoms in total. The molecule has 0 amide bonds. The summed E-state index contributed by atoms with van der Waals surface area (Å²) < 4.78 is 0. The topological polar surface area (TPSA) is 15.3 Å². The molecule has 2 fully saturated rings. The lowest BCUT2D eigenvalue weighted by Gasteiger charge is -2.22. The normalized spacial score (nSPS) is 30.3. The first kappa shape index (κ1) is 13.2. The van der Waals surface area contributed by atoms with Crippen molar-refractivity contribution in [3.05, 3.63) is 35.9 Å². The quantitative estimate of drug-likeness (QED) is 0.832. The van der Waals surface area contributed by atoms with E-state index < -0.39 is 0 Å². The van der Waals surface area contributed by atoms with Gasteiger partial charge in [0, 0.05) is 31.0 Å². The Morgan fingerprint density at radius 3 is 2.67 bits per heavy atom. The second-order valence-electron chi connectivity index (χ2n) is 7.11. The molecule has 112 valence electrons. The van der Waals surface area contributed by atoms with Gasteiger partial charge in [-0.25, -0.2) is 0 Å². The average molecular weight is 282 g/mol. The first-order valence-electron chi connectivity index (χ1n) is 8.57. The largest absolute Gasteiger partial charge is 0.385 e. The maximum atomic E-state index is 3.71. The van der Waals surface area contributed by atoms with Crippen molar-refractivity contribution in [3.8, 4) is 0 Å². The molecular formula is C19H26N2. The molecule has 3 unspecified atom stereocenters. The van der Waals surface area contributed by atoms with E-state index in [4.69, 9.17) is 0 Å². The van der Waals surface area contributed by atoms with Crippen LogP contribution >= 0.6 is 0 Å². The van der Waals surface area contributed by atoms with Crippen LogP contribution in [0.5, 0.6) is 0 Å². The van der Waals surface area contributed by atoms with Crippen molar-refractivity contribution in [1.29, 1.82) is 0 Å². The molecule has 1 saturated heterocycles. The summed E-state index contributed by atoms with van der Waals surface area (Å²) in [4.78, 5) is 2.51. The van der Waals surface area contributed by atoms with Crippen LogP contribution in [0.15, 0.2) is 30.4 Å². The Balaban J connectivity index is 1.40. The summed E-state index contributed by atoms with van der Waals surface area (Å²) in [5, 5.41) is 3.71. The van der Waals surface area contributed by atoms with Gasteiger partial charge < -0.3 is 10.2 Å². The summed E-state index contributed by atoms with van der Waals surface area (Å²) in [5.41, 5.74) is 4.11. The fourth-order valence-corrected chi connectivity index (χ4v) is 4.39. The molecule has 3 atom stereocenters. The van der Waals surface area contributed by atoms with E-state index in [9.17, 15) is 0 Å². The van der Waals surface area contributed by atoms with Gasteiger partial charge in [0.1, 0.15) is 0 Å². The van der Waals surface area contributed by atoms with E-state index >= 15 is 0 Å². The van der Waals surface area contributed by atoms with Crippen LogP contribution in [0.4, 0.5) is 11.4 Å². The zero-order valence-electron chi connectivity index (χ0n) is 13.0. The third-order valence-corrected chi connectivity index (χ3v) is 5.65. The Labute approximate surface area is 128 Å². The number of anilines is 2. The van der Waals surface area contributed by atoms with Crippen LogP contribution < -0.4 is 10.2 Å². The predicted molar refractivity (Wildman–Crippen MR) is 90.0 cm³/mol. The molecule has 2 aliphatic carbocycles. The molecule has 21 heavy (non-hydrogen) atoms. The van der Waals surface area contributed by atoms with Crippen molar-refractivity contribution in [3.63, 3.8) is 0 Å². The Hall–Kier alpha value is -1.44. The molecule has 1 saturated carbocycles. The van der Waals surface area contributed by atoms with Crippen molar-refractivity contribution in [2.75, 3.05) is 29.9 Å². The molecule has 2 bridgehead atoms. The van der Waals surface area contributed by atoms with Gasteiger partial charge in [-0.3, -0.25) is 0 Å². The monoisotopic (exact) mass is 282 g/mol. The van der Waals surface area contributed by atoms with Crippen LogP contribution in [-0.4, -0.2) is 19.6 Å². The van der Waals surface area contributed by atoms with Crippen LogP contribution in [0.1, 0.15) is 31.2 Å². The van der Waals surface area contributed by atoms with Crippen LogP contribution in [-0.2, 0) is 0 Å². The molecule has 1 aromatic carbocycles. The summed E-state index contributed by atoms with van der Waals surface area (Å²) >= 11 is 0. The number of rotatable bonds is 4. The smallest absolute Gasteiger partial charge is 0.0371 e. The van der Waals surface area contributed by atoms with Crippen LogP contribution in [0.2, 0.25) is 0 Å². The number of nitrogens with zero attached hydrogens (tertiary/aromatic N) is 1. The third kappa shape index (κ3) is 2.56. The molecule has 1 aromatic rings. The summed E-state index contributed by atoms with van der Waals surface area (Å²) in [6.07, 6.45) is 10.4. The van der Waals surface area contributed by atoms with Crippen molar-refractivity contribution in [2.45, 2.75) is 32.6 Å². The maximum absolute atomic E-state index is 3.71. The number of nitrogens with one attached hydrogen (secondary N) is 1. The van der Waals surface area contributed by atoms with Gasteiger partial charge in [-0.2, -0.15) is 0 Å². The van der Waals surface area contributed by atoms with Crippen LogP contribution in [0, 0.1) is 24.7 Å². The van der Waals surface area contributed by atoms with E-state index in [0.717, 1.165) is 24.3 Å². The van der Waals surface area contributed by atoms with Crippen LogP contribution in [0.25, 0.3) is 0 Å². The predicted octanol–water partition coefficient (Wildman–Crippen LogP) is 4.22. The van der Waals surface area contributed by atoms with Gasteiger partial charge in [-0.15, -0.1) is 0 Å². The highest BCUT2D eigenvalue weighted by molar-refractivity contribution is 5.60. The summed E-state index contributed by atoms with van der Waals surface area (Å²) in [7, 11) is 0. The fourth-order valence-electron chi connectivity index (χ4n) is 4.39. The molecule has 4 rings (SSSR count). The van der Waals surface area contributed by atoms with E-state index in [0.29, 0.717) is 0 Å². The zero-order chi connectivity index (χ0) is 14.2. The molecule has 0 spiro atoms. The minimum absolute atomic E-state index is 0.840. The first-order chi connectivity index (χ1) is 10.3. The van der Waals surface area contributed by atoms with Crippen molar-refractivity contribution >= 4 is 11.4 Å². The van der Waals surface area contributed by atoms with Crippen molar-refractivity contribution in [1.82, 2.24) is 0 Å². The number of aryl methyl sites for hydroxylation is 1. The number of hydrogen-bond acceptors (Lipinski definition) is 2. The minimum Gasteiger partial charge on any atom is -0.385 e. The molecule has 2 heteroatoms. The molecule has 0 radical (unpaired) electrons. The lowest BCUT2D eigenvalue weighted by atomic mass is 9.93. The highest BCUT2D eigenvalue weighted by Gasteiger charge is 2.35. The first-order valence-corrected chi connectivity index (χ1v) is 8.57. The van der Waals surface area contributed by atoms with E-state index in [-0.39, 0.29) is 0 Å². The maximum Gasteiger partial charge on any atom is 0.0371 e. The van der Waals surface area contributed by atoms with Gasteiger partial charge in [0.2, 0.25) is 0 Å². The lowest BCUT2D eigenvalue weighted by Crippen LogP contribution is -2.19. The Bertz CT molecular complexity index is 542. The third-order valence-electron chi connectivity index (χ3n) is 5.65. The van der Waals surface area contributed by atoms with Crippen LogP contribution in [0.3, 0.4) is 0 Å². The van der Waals surface area contributed by atoms with Gasteiger partial charge in [-0.1, -0.05) is 12.2 Å². The molecule has 1 heterocycles. The van der Waals surface area contributed by atoms with Crippen molar-refractivity contribution in [2.24, 2.45) is 17.8 Å². The van der Waals surface area contributed by atoms with E-state index in [1.165, 1.54) is 55.7 Å². The summed E-state index contributed by atoms with van der Waals surface area (Å²) in [5.74, 6) is 2.56. The Kier molecular flexibility index (Phi) is 3.40. The molecule has 0 aromatic heterocycles. The average Bonchev–Trinajstić information content (AvgIpc) is 3.23. The second kappa shape index (κ2) is 5.40. The number of fused-ring (bicyclic) bond motifs is 2. The van der Waals surface area contributed by atoms with Gasteiger partial charge in [0.05, 0.1) is 0 Å². The van der Waals surface area contributed by atoms with Gasteiger partial charge in [0.15, 0.2) is 0 Å². The minimum atomic E-state index is 0.840. The molecule has 3 aliphatic rings. The zero-order valence-corrected chi connectivity index (χ0v) is 13.0. The molecule has 1 N–H and O–H groups in total. The summed E-state index contributed by atoms with van der Waals surface area (Å²) in [6.45, 7) is 5.82. The number of benzene rings is 1. The highest BCUT2D eigenvalue weighted by atomic mass is 15.1. The van der Waals surface area contributed by atoms with E-state index in [2.05, 4.69) is 47.5 Å². The standard InChI is InChI=1S/C19H26N2/c1-14-10-18(21-8-2-3-9-21)6-7-19(14)20-13-17-12-15-4-5-16(17)11-15/h4-7,10,15-17,20H,2-3,8-9,11-13H2,1H3. The van der Waals surface area contributed by atoms with E-state index in [1.54, 1.807) is 0 Å². The second-order valence-corrected chi connectivity index (χ2v) is 7.11. The van der Waals surface area contributed by atoms with Crippen molar-refractivity contribution < 1.29 is 0 Å².